The molecule has 0 unspecified atom stereocenters. The number of aromatic nitrogens is 2. The number of nitrogens with one attached hydrogen (secondary N) is 1. The van der Waals surface area contributed by atoms with Gasteiger partial charge in [0, 0.05) is 29.8 Å². The van der Waals surface area contributed by atoms with Crippen LogP contribution >= 0.6 is 12.2 Å². The van der Waals surface area contributed by atoms with Crippen LogP contribution in [-0.2, 0) is 4.74 Å². The molecule has 32 heavy (non-hydrogen) atoms. The van der Waals surface area contributed by atoms with Crippen LogP contribution in [0.1, 0.15) is 59.5 Å². The monoisotopic (exact) mass is 446 g/mol. The van der Waals surface area contributed by atoms with Crippen LogP contribution < -0.4 is 5.32 Å². The minimum atomic E-state index is -0.336. The Balaban J connectivity index is 1.57. The van der Waals surface area contributed by atoms with E-state index in [1.807, 2.05) is 30.5 Å². The molecule has 2 atom stereocenters. The van der Waals surface area contributed by atoms with Crippen molar-refractivity contribution in [2.75, 3.05) is 7.11 Å². The van der Waals surface area contributed by atoms with Gasteiger partial charge in [0.15, 0.2) is 5.11 Å². The second-order valence-corrected chi connectivity index (χ2v) is 8.70. The molecule has 1 aliphatic heterocycles. The van der Waals surface area contributed by atoms with E-state index in [-0.39, 0.29) is 18.1 Å². The zero-order valence-corrected chi connectivity index (χ0v) is 18.8. The van der Waals surface area contributed by atoms with Crippen molar-refractivity contribution in [1.82, 2.24) is 19.8 Å². The number of hydrogen-bond acceptors (Lipinski definition) is 4. The maximum Gasteiger partial charge on any atom is 0.337 e. The molecule has 1 saturated carbocycles. The van der Waals surface area contributed by atoms with E-state index in [4.69, 9.17) is 17.0 Å². The summed E-state index contributed by atoms with van der Waals surface area (Å²) < 4.78 is 7.02. The number of hydrogen-bond donors (Lipinski definition) is 1. The van der Waals surface area contributed by atoms with Crippen LogP contribution in [-0.4, -0.2) is 38.7 Å². The molecule has 1 saturated heterocycles. The van der Waals surface area contributed by atoms with Gasteiger partial charge in [-0.2, -0.15) is 0 Å². The van der Waals surface area contributed by atoms with Crippen LogP contribution in [0, 0.1) is 0 Å². The largest absolute Gasteiger partial charge is 0.465 e. The van der Waals surface area contributed by atoms with Gasteiger partial charge < -0.3 is 19.5 Å². The highest BCUT2D eigenvalue weighted by molar-refractivity contribution is 7.80. The molecular formula is C25H26N4O2S. The van der Waals surface area contributed by atoms with Crippen molar-refractivity contribution in [3.8, 4) is 5.69 Å². The molecule has 1 aliphatic carbocycles. The smallest absolute Gasteiger partial charge is 0.337 e. The van der Waals surface area contributed by atoms with E-state index in [0.717, 1.165) is 35.0 Å². The van der Waals surface area contributed by atoms with E-state index in [2.05, 4.69) is 44.2 Å². The molecule has 6 nitrogen and oxygen atoms in total. The molecule has 164 valence electrons. The van der Waals surface area contributed by atoms with E-state index in [9.17, 15) is 4.79 Å². The fourth-order valence-electron chi connectivity index (χ4n) is 5.00. The molecule has 0 amide bonds. The van der Waals surface area contributed by atoms with Crippen LogP contribution in [0.15, 0.2) is 67.0 Å². The lowest BCUT2D eigenvalue weighted by Gasteiger charge is -2.33. The third-order valence-corrected chi connectivity index (χ3v) is 6.83. The highest BCUT2D eigenvalue weighted by Gasteiger charge is 2.44. The quantitative estimate of drug-likeness (QED) is 0.458. The molecule has 3 aromatic rings. The predicted octanol–water partition coefficient (Wildman–Crippen LogP) is 4.57. The van der Waals surface area contributed by atoms with Gasteiger partial charge in [0.1, 0.15) is 0 Å². The minimum absolute atomic E-state index is 0.0239. The van der Waals surface area contributed by atoms with Crippen LogP contribution in [0.2, 0.25) is 0 Å². The molecule has 2 aliphatic rings. The van der Waals surface area contributed by atoms with Crippen molar-refractivity contribution in [3.05, 3.63) is 83.9 Å². The summed E-state index contributed by atoms with van der Waals surface area (Å²) >= 11 is 5.85. The molecule has 2 fully saturated rings. The molecule has 0 bridgehead atoms. The Morgan fingerprint density at radius 1 is 1.09 bits per heavy atom. The first-order valence-corrected chi connectivity index (χ1v) is 11.4. The molecule has 1 N–H and O–H groups in total. The third kappa shape index (κ3) is 3.66. The van der Waals surface area contributed by atoms with Crippen molar-refractivity contribution in [2.24, 2.45) is 0 Å². The Kier molecular flexibility index (Phi) is 5.66. The third-order valence-electron chi connectivity index (χ3n) is 6.50. The Morgan fingerprint density at radius 3 is 2.56 bits per heavy atom. The first-order chi connectivity index (χ1) is 15.7. The van der Waals surface area contributed by atoms with Gasteiger partial charge >= 0.3 is 5.97 Å². The minimum Gasteiger partial charge on any atom is -0.465 e. The summed E-state index contributed by atoms with van der Waals surface area (Å²) in [6.07, 6.45) is 8.68. The number of nitrogens with zero attached hydrogens (tertiary/aromatic N) is 3. The first kappa shape index (κ1) is 20.7. The van der Waals surface area contributed by atoms with Gasteiger partial charge in [-0.15, -0.1) is 0 Å². The second kappa shape index (κ2) is 8.74. The normalized spacial score (nSPS) is 21.0. The Morgan fingerprint density at radius 2 is 1.88 bits per heavy atom. The number of ether oxygens (including phenoxy) is 1. The van der Waals surface area contributed by atoms with Crippen LogP contribution in [0.3, 0.4) is 0 Å². The summed E-state index contributed by atoms with van der Waals surface area (Å²) in [4.78, 5) is 18.9. The Labute approximate surface area is 193 Å². The van der Waals surface area contributed by atoms with Crippen molar-refractivity contribution in [3.63, 3.8) is 0 Å². The fraction of sp³-hybridized carbons (Fsp3) is 0.320. The van der Waals surface area contributed by atoms with Crippen LogP contribution in [0.4, 0.5) is 0 Å². The topological polar surface area (TPSA) is 59.4 Å². The predicted molar refractivity (Wildman–Crippen MR) is 127 cm³/mol. The van der Waals surface area contributed by atoms with E-state index in [0.29, 0.717) is 11.6 Å². The van der Waals surface area contributed by atoms with Crippen LogP contribution in [0.25, 0.3) is 5.69 Å². The van der Waals surface area contributed by atoms with E-state index in [1.54, 1.807) is 12.1 Å². The number of pyridine rings is 1. The van der Waals surface area contributed by atoms with Crippen molar-refractivity contribution >= 4 is 23.3 Å². The maximum atomic E-state index is 11.8. The number of benzene rings is 1. The summed E-state index contributed by atoms with van der Waals surface area (Å²) in [6.45, 7) is 0. The number of rotatable bonds is 5. The number of methoxy groups -OCH3 is 1. The average molecular weight is 447 g/mol. The summed E-state index contributed by atoms with van der Waals surface area (Å²) in [6, 6.07) is 18.2. The molecule has 0 spiro atoms. The van der Waals surface area contributed by atoms with Crippen molar-refractivity contribution < 1.29 is 9.53 Å². The molecule has 1 aromatic carbocycles. The van der Waals surface area contributed by atoms with Gasteiger partial charge in [0.05, 0.1) is 30.5 Å². The lowest BCUT2D eigenvalue weighted by Crippen LogP contribution is -2.38. The molecule has 5 rings (SSSR count). The average Bonchev–Trinajstić information content (AvgIpc) is 3.58. The zero-order chi connectivity index (χ0) is 22.1. The Bertz CT molecular complexity index is 1110. The van der Waals surface area contributed by atoms with Crippen molar-refractivity contribution in [1.29, 1.82) is 0 Å². The highest BCUT2D eigenvalue weighted by atomic mass is 32.1. The van der Waals surface area contributed by atoms with Crippen molar-refractivity contribution in [2.45, 2.75) is 43.8 Å². The van der Waals surface area contributed by atoms with E-state index < -0.39 is 0 Å². The lowest BCUT2D eigenvalue weighted by atomic mass is 9.99. The second-order valence-electron chi connectivity index (χ2n) is 8.31. The highest BCUT2D eigenvalue weighted by Crippen LogP contribution is 2.43. The van der Waals surface area contributed by atoms with E-state index >= 15 is 0 Å². The number of carbonyl (C=O) groups excluding carboxylic acids is 1. The Hall–Kier alpha value is -3.19. The molecule has 7 heteroatoms. The summed E-state index contributed by atoms with van der Waals surface area (Å²) in [5.41, 5.74) is 3.65. The summed E-state index contributed by atoms with van der Waals surface area (Å²) in [5.74, 6) is -0.336. The van der Waals surface area contributed by atoms with Crippen LogP contribution in [0.5, 0.6) is 0 Å². The zero-order valence-electron chi connectivity index (χ0n) is 18.0. The fourth-order valence-corrected chi connectivity index (χ4v) is 5.39. The molecule has 2 aromatic heterocycles. The molecule has 0 radical (unpaired) electrons. The first-order valence-electron chi connectivity index (χ1n) is 11.0. The van der Waals surface area contributed by atoms with Gasteiger partial charge in [0.2, 0.25) is 0 Å². The van der Waals surface area contributed by atoms with Gasteiger partial charge in [-0.05, 0) is 73.6 Å². The SMILES string of the molecule is COC(=O)c1ccc(-n2cccc2[C@H]2[C@@H](c3ccccn3)NC(=S)N2C2CCCC2)cc1. The summed E-state index contributed by atoms with van der Waals surface area (Å²) in [7, 11) is 1.39. The maximum absolute atomic E-state index is 11.8. The number of esters is 1. The van der Waals surface area contributed by atoms with Gasteiger partial charge in [-0.3, -0.25) is 4.98 Å². The standard InChI is InChI=1S/C25H26N4O2S/c1-31-24(30)17-11-13-18(14-12-17)28-16-6-10-21(28)23-22(20-9-4-5-15-26-20)27-25(32)29(23)19-7-2-3-8-19/h4-6,9-16,19,22-23H,2-3,7-8H2,1H3,(H,27,32)/t22-,23+/m1/s1. The van der Waals surface area contributed by atoms with Gasteiger partial charge in [-0.25, -0.2) is 4.79 Å². The van der Waals surface area contributed by atoms with E-state index in [1.165, 1.54) is 20.0 Å². The van der Waals surface area contributed by atoms with Gasteiger partial charge in [-0.1, -0.05) is 18.9 Å². The number of thiocarbonyl (C=S) groups is 1. The lowest BCUT2D eigenvalue weighted by molar-refractivity contribution is 0.0600. The number of carbonyl (C=O) groups is 1. The van der Waals surface area contributed by atoms with Gasteiger partial charge in [0.25, 0.3) is 0 Å². The molecular weight excluding hydrogens is 420 g/mol. The molecule has 3 heterocycles. The summed E-state index contributed by atoms with van der Waals surface area (Å²) in [5, 5.41) is 4.36.